The van der Waals surface area contributed by atoms with Crippen molar-refractivity contribution < 1.29 is 16.8 Å². The lowest BCUT2D eigenvalue weighted by atomic mass is 10.2. The van der Waals surface area contributed by atoms with Gasteiger partial charge in [-0.1, -0.05) is 35.4 Å². The molecule has 0 atom stereocenters. The summed E-state index contributed by atoms with van der Waals surface area (Å²) in [6.07, 6.45) is 0. The smallest absolute Gasteiger partial charge is 0.283 e. The lowest BCUT2D eigenvalue weighted by Crippen LogP contribution is -2.47. The van der Waals surface area contributed by atoms with E-state index in [0.29, 0.717) is 37.7 Å². The van der Waals surface area contributed by atoms with Crippen molar-refractivity contribution >= 4 is 25.7 Å². The van der Waals surface area contributed by atoms with E-state index in [-0.39, 0.29) is 9.79 Å². The average Bonchev–Trinajstić information content (AvgIpc) is 2.74. The van der Waals surface area contributed by atoms with Crippen molar-refractivity contribution in [2.45, 2.75) is 37.5 Å². The Morgan fingerprint density at radius 1 is 0.750 bits per heavy atom. The van der Waals surface area contributed by atoms with Crippen molar-refractivity contribution in [1.82, 2.24) is 9.80 Å². The number of rotatable bonds is 5. The van der Waals surface area contributed by atoms with Crippen LogP contribution in [0.15, 0.2) is 73.8 Å². The van der Waals surface area contributed by atoms with Gasteiger partial charge in [0.25, 0.3) is 10.0 Å². The van der Waals surface area contributed by atoms with E-state index in [1.807, 2.05) is 23.6 Å². The summed E-state index contributed by atoms with van der Waals surface area (Å²) in [5, 5.41) is 1.30. The minimum Gasteiger partial charge on any atom is -0.371 e. The summed E-state index contributed by atoms with van der Waals surface area (Å²) >= 11 is 0. The Bertz CT molecular complexity index is 1120. The van der Waals surface area contributed by atoms with Gasteiger partial charge in [-0.05, 0) is 52.0 Å². The van der Waals surface area contributed by atoms with Gasteiger partial charge in [0.05, 0.1) is 15.2 Å². The third-order valence-corrected chi connectivity index (χ3v) is 8.44. The fraction of sp³-hybridized carbons (Fsp3) is 0.348. The van der Waals surface area contributed by atoms with Gasteiger partial charge in [0.15, 0.2) is 0 Å². The molecule has 1 aliphatic heterocycles. The summed E-state index contributed by atoms with van der Waals surface area (Å²) in [7, 11) is -7.30. The van der Waals surface area contributed by atoms with E-state index >= 15 is 0 Å². The standard InChI is InChI=1S/C23H29N3O4S2/c1-18-5-9-22(10-6-18)31(27,28)17-20(3)25-13-15-26(16-14-25)21(4)24-32(29,30)23-11-7-19(2)8-12-23/h5-12,17H,13-16H2,1-4H3. The first-order valence-electron chi connectivity index (χ1n) is 10.4. The molecule has 3 rings (SSSR count). The molecule has 1 saturated heterocycles. The number of sulfone groups is 1. The number of nitrogens with zero attached hydrogens (tertiary/aromatic N) is 3. The summed E-state index contributed by atoms with van der Waals surface area (Å²) in [5.41, 5.74) is 2.64. The van der Waals surface area contributed by atoms with Gasteiger partial charge in [-0.15, -0.1) is 4.40 Å². The molecule has 1 heterocycles. The largest absolute Gasteiger partial charge is 0.371 e. The van der Waals surface area contributed by atoms with Crippen molar-refractivity contribution in [2.75, 3.05) is 26.2 Å². The van der Waals surface area contributed by atoms with Crippen LogP contribution in [-0.2, 0) is 19.9 Å². The number of hydrogen-bond donors (Lipinski definition) is 0. The molecule has 1 aliphatic rings. The van der Waals surface area contributed by atoms with Gasteiger partial charge in [-0.3, -0.25) is 0 Å². The van der Waals surface area contributed by atoms with Crippen LogP contribution >= 0.6 is 0 Å². The fourth-order valence-corrected chi connectivity index (χ4v) is 5.77. The maximum atomic E-state index is 12.7. The second kappa shape index (κ2) is 9.46. The molecule has 9 heteroatoms. The van der Waals surface area contributed by atoms with Gasteiger partial charge in [-0.2, -0.15) is 8.42 Å². The molecule has 0 saturated carbocycles. The normalized spacial score (nSPS) is 16.4. The number of benzene rings is 2. The van der Waals surface area contributed by atoms with Gasteiger partial charge in [0, 0.05) is 31.9 Å². The van der Waals surface area contributed by atoms with E-state index in [4.69, 9.17) is 0 Å². The first kappa shape index (κ1) is 24.0. The minimum absolute atomic E-state index is 0.168. The molecule has 0 radical (unpaired) electrons. The van der Waals surface area contributed by atoms with Gasteiger partial charge < -0.3 is 9.80 Å². The molecule has 0 aromatic heterocycles. The van der Waals surface area contributed by atoms with E-state index in [0.717, 1.165) is 11.1 Å². The summed E-state index contributed by atoms with van der Waals surface area (Å²) in [4.78, 5) is 4.33. The Kier molecular flexibility index (Phi) is 7.09. The van der Waals surface area contributed by atoms with Crippen LogP contribution in [0.25, 0.3) is 0 Å². The zero-order valence-corrected chi connectivity index (χ0v) is 20.4. The molecule has 0 spiro atoms. The number of hydrogen-bond acceptors (Lipinski definition) is 5. The number of allylic oxidation sites excluding steroid dienone is 1. The van der Waals surface area contributed by atoms with Gasteiger partial charge in [0.2, 0.25) is 9.84 Å². The van der Waals surface area contributed by atoms with E-state index in [2.05, 4.69) is 4.40 Å². The molecular formula is C23H29N3O4S2. The summed E-state index contributed by atoms with van der Waals surface area (Å²) in [5.74, 6) is 0.430. The van der Waals surface area contributed by atoms with E-state index < -0.39 is 19.9 Å². The highest BCUT2D eigenvalue weighted by Gasteiger charge is 2.22. The average molecular weight is 476 g/mol. The Balaban J connectivity index is 1.67. The van der Waals surface area contributed by atoms with Crippen LogP contribution in [0, 0.1) is 13.8 Å². The van der Waals surface area contributed by atoms with Crippen molar-refractivity contribution in [3.8, 4) is 0 Å². The second-order valence-corrected chi connectivity index (χ2v) is 11.4. The Hall–Kier alpha value is -2.65. The monoisotopic (exact) mass is 475 g/mol. The Morgan fingerprint density at radius 3 is 1.69 bits per heavy atom. The lowest BCUT2D eigenvalue weighted by molar-refractivity contribution is 0.222. The molecule has 0 amide bonds. The van der Waals surface area contributed by atoms with Crippen LogP contribution in [0.3, 0.4) is 0 Å². The van der Waals surface area contributed by atoms with Gasteiger partial charge >= 0.3 is 0 Å². The topological polar surface area (TPSA) is 87.1 Å². The molecule has 32 heavy (non-hydrogen) atoms. The third kappa shape index (κ3) is 5.77. The highest BCUT2D eigenvalue weighted by molar-refractivity contribution is 7.94. The van der Waals surface area contributed by atoms with Crippen LogP contribution < -0.4 is 0 Å². The van der Waals surface area contributed by atoms with Crippen molar-refractivity contribution in [1.29, 1.82) is 0 Å². The summed E-state index contributed by atoms with van der Waals surface area (Å²) in [6, 6.07) is 13.4. The molecule has 7 nitrogen and oxygen atoms in total. The summed E-state index contributed by atoms with van der Waals surface area (Å²) in [6.45, 7) is 9.52. The van der Waals surface area contributed by atoms with Crippen molar-refractivity contribution in [3.05, 3.63) is 70.8 Å². The molecule has 0 N–H and O–H groups in total. The maximum Gasteiger partial charge on any atom is 0.283 e. The number of piperazine rings is 1. The number of aryl methyl sites for hydroxylation is 2. The molecule has 0 bridgehead atoms. The molecule has 2 aromatic carbocycles. The maximum absolute atomic E-state index is 12.7. The van der Waals surface area contributed by atoms with E-state index in [1.165, 1.54) is 5.41 Å². The number of sulfonamides is 1. The SMILES string of the molecule is CC(=CS(=O)(=O)c1ccc(C)cc1)N1CCN(C(C)=NS(=O)(=O)c2ccc(C)cc2)CC1. The van der Waals surface area contributed by atoms with Gasteiger partial charge in [0.1, 0.15) is 5.84 Å². The molecule has 0 aliphatic carbocycles. The van der Waals surface area contributed by atoms with Crippen LogP contribution in [0.2, 0.25) is 0 Å². The van der Waals surface area contributed by atoms with Crippen molar-refractivity contribution in [3.63, 3.8) is 0 Å². The van der Waals surface area contributed by atoms with E-state index in [9.17, 15) is 16.8 Å². The quantitative estimate of drug-likeness (QED) is 0.487. The zero-order chi connectivity index (χ0) is 23.5. The van der Waals surface area contributed by atoms with E-state index in [1.54, 1.807) is 62.4 Å². The van der Waals surface area contributed by atoms with Crippen LogP contribution in [0.4, 0.5) is 0 Å². The third-order valence-electron chi connectivity index (χ3n) is 5.48. The summed E-state index contributed by atoms with van der Waals surface area (Å²) < 4.78 is 54.5. The molecule has 1 fully saturated rings. The molecule has 2 aromatic rings. The minimum atomic E-state index is -3.77. The highest BCUT2D eigenvalue weighted by Crippen LogP contribution is 2.19. The van der Waals surface area contributed by atoms with Gasteiger partial charge in [-0.25, -0.2) is 8.42 Å². The lowest BCUT2D eigenvalue weighted by Gasteiger charge is -2.37. The first-order valence-corrected chi connectivity index (χ1v) is 13.3. The second-order valence-electron chi connectivity index (χ2n) is 8.02. The molecule has 0 unspecified atom stereocenters. The predicted molar refractivity (Wildman–Crippen MR) is 127 cm³/mol. The van der Waals surface area contributed by atoms with Crippen LogP contribution in [0.5, 0.6) is 0 Å². The predicted octanol–water partition coefficient (Wildman–Crippen LogP) is 3.36. The van der Waals surface area contributed by atoms with Crippen molar-refractivity contribution in [2.24, 2.45) is 4.40 Å². The number of amidine groups is 1. The fourth-order valence-electron chi connectivity index (χ4n) is 3.47. The molecular weight excluding hydrogens is 446 g/mol. The first-order chi connectivity index (χ1) is 15.0. The highest BCUT2D eigenvalue weighted by atomic mass is 32.2. The Morgan fingerprint density at radius 2 is 1.19 bits per heavy atom. The zero-order valence-electron chi connectivity index (χ0n) is 18.8. The molecule has 172 valence electrons. The van der Waals surface area contributed by atoms with Crippen LogP contribution in [-0.4, -0.2) is 58.7 Å². The Labute approximate surface area is 191 Å². The van der Waals surface area contributed by atoms with Crippen LogP contribution in [0.1, 0.15) is 25.0 Å².